The monoisotopic (exact) mass is 295 g/mol. The first-order valence-electron chi connectivity index (χ1n) is 5.24. The zero-order valence-corrected chi connectivity index (χ0v) is 11.5. The van der Waals surface area contributed by atoms with Crippen molar-refractivity contribution in [3.8, 4) is 10.4 Å². The predicted molar refractivity (Wildman–Crippen MR) is 74.8 cm³/mol. The first-order chi connectivity index (χ1) is 7.66. The maximum atomic E-state index is 5.78. The van der Waals surface area contributed by atoms with Gasteiger partial charge in [-0.1, -0.05) is 24.3 Å². The minimum absolute atomic E-state index is 0.222. The van der Waals surface area contributed by atoms with Gasteiger partial charge in [-0.3, -0.25) is 0 Å². The minimum Gasteiger partial charge on any atom is -0.328 e. The van der Waals surface area contributed by atoms with Crippen molar-refractivity contribution in [1.82, 2.24) is 0 Å². The summed E-state index contributed by atoms with van der Waals surface area (Å²) < 4.78 is 1.16. The highest BCUT2D eigenvalue weighted by Gasteiger charge is 2.04. The fourth-order valence-electron chi connectivity index (χ4n) is 1.66. The van der Waals surface area contributed by atoms with Gasteiger partial charge in [0.2, 0.25) is 0 Å². The third-order valence-electron chi connectivity index (χ3n) is 2.39. The molecule has 1 heterocycles. The van der Waals surface area contributed by atoms with Gasteiger partial charge in [0.25, 0.3) is 0 Å². The van der Waals surface area contributed by atoms with Crippen LogP contribution in [0.15, 0.2) is 40.2 Å². The topological polar surface area (TPSA) is 26.0 Å². The van der Waals surface area contributed by atoms with E-state index in [0.29, 0.717) is 0 Å². The molecule has 0 aliphatic heterocycles. The standard InChI is InChI=1S/C13H14BrNS/c1-9(15)8-10-2-4-11(5-3-10)13-12(14)6-7-16-13/h2-7,9H,8,15H2,1H3. The van der Waals surface area contributed by atoms with Crippen molar-refractivity contribution in [3.63, 3.8) is 0 Å². The fourth-order valence-corrected chi connectivity index (χ4v) is 3.27. The Labute approximate surface area is 108 Å². The Hall–Kier alpha value is -0.640. The van der Waals surface area contributed by atoms with Gasteiger partial charge in [-0.25, -0.2) is 0 Å². The summed E-state index contributed by atoms with van der Waals surface area (Å²) in [6, 6.07) is 10.9. The molecule has 2 N–H and O–H groups in total. The third kappa shape index (κ3) is 2.73. The Bertz CT molecular complexity index is 459. The van der Waals surface area contributed by atoms with Crippen LogP contribution in [0.1, 0.15) is 12.5 Å². The zero-order chi connectivity index (χ0) is 11.5. The number of benzene rings is 1. The summed E-state index contributed by atoms with van der Waals surface area (Å²) in [4.78, 5) is 1.28. The van der Waals surface area contributed by atoms with Gasteiger partial charge in [-0.15, -0.1) is 11.3 Å². The molecular weight excluding hydrogens is 282 g/mol. The summed E-state index contributed by atoms with van der Waals surface area (Å²) in [5, 5.41) is 2.09. The lowest BCUT2D eigenvalue weighted by atomic mass is 10.1. The number of thiophene rings is 1. The van der Waals surface area contributed by atoms with Crippen LogP contribution < -0.4 is 5.73 Å². The van der Waals surface area contributed by atoms with Gasteiger partial charge >= 0.3 is 0 Å². The Morgan fingerprint density at radius 3 is 2.44 bits per heavy atom. The fraction of sp³-hybridized carbons (Fsp3) is 0.231. The Morgan fingerprint density at radius 1 is 1.25 bits per heavy atom. The second kappa shape index (κ2) is 5.13. The molecule has 16 heavy (non-hydrogen) atoms. The number of hydrogen-bond acceptors (Lipinski definition) is 2. The van der Waals surface area contributed by atoms with Crippen LogP contribution in [0.3, 0.4) is 0 Å². The molecule has 0 aliphatic rings. The van der Waals surface area contributed by atoms with Gasteiger partial charge < -0.3 is 5.73 Å². The Balaban J connectivity index is 2.23. The van der Waals surface area contributed by atoms with E-state index in [0.717, 1.165) is 10.9 Å². The molecule has 0 aliphatic carbocycles. The lowest BCUT2D eigenvalue weighted by Gasteiger charge is -2.06. The normalized spacial score (nSPS) is 12.7. The van der Waals surface area contributed by atoms with Gasteiger partial charge in [0.15, 0.2) is 0 Å². The number of halogens is 1. The van der Waals surface area contributed by atoms with E-state index in [9.17, 15) is 0 Å². The molecule has 2 rings (SSSR count). The van der Waals surface area contributed by atoms with E-state index in [1.165, 1.54) is 16.0 Å². The van der Waals surface area contributed by atoms with Gasteiger partial charge in [-0.2, -0.15) is 0 Å². The van der Waals surface area contributed by atoms with Crippen LogP contribution in [-0.4, -0.2) is 6.04 Å². The van der Waals surface area contributed by atoms with Crippen molar-refractivity contribution >= 4 is 27.3 Å². The van der Waals surface area contributed by atoms with Gasteiger partial charge in [0, 0.05) is 15.4 Å². The molecular formula is C13H14BrNS. The van der Waals surface area contributed by atoms with E-state index < -0.39 is 0 Å². The zero-order valence-electron chi connectivity index (χ0n) is 9.11. The van der Waals surface area contributed by atoms with E-state index in [4.69, 9.17) is 5.73 Å². The highest BCUT2D eigenvalue weighted by atomic mass is 79.9. The predicted octanol–water partition coefficient (Wildman–Crippen LogP) is 4.07. The summed E-state index contributed by atoms with van der Waals surface area (Å²) in [6.07, 6.45) is 0.936. The molecule has 0 saturated carbocycles. The van der Waals surface area contributed by atoms with Crippen LogP contribution in [0.4, 0.5) is 0 Å². The summed E-state index contributed by atoms with van der Waals surface area (Å²) in [6.45, 7) is 2.03. The smallest absolute Gasteiger partial charge is 0.0484 e. The van der Waals surface area contributed by atoms with Crippen LogP contribution >= 0.6 is 27.3 Å². The molecule has 0 spiro atoms. The SMILES string of the molecule is CC(N)Cc1ccc(-c2sccc2Br)cc1. The summed E-state index contributed by atoms with van der Waals surface area (Å²) in [7, 11) is 0. The molecule has 84 valence electrons. The van der Waals surface area contributed by atoms with Crippen LogP contribution in [0.25, 0.3) is 10.4 Å². The average Bonchev–Trinajstić information content (AvgIpc) is 2.65. The molecule has 1 nitrogen and oxygen atoms in total. The third-order valence-corrected chi connectivity index (χ3v) is 4.28. The molecule has 1 unspecified atom stereocenters. The van der Waals surface area contributed by atoms with Crippen molar-refractivity contribution < 1.29 is 0 Å². The quantitative estimate of drug-likeness (QED) is 0.908. The molecule has 0 fully saturated rings. The molecule has 0 amide bonds. The summed E-state index contributed by atoms with van der Waals surface area (Å²) in [5.74, 6) is 0. The number of hydrogen-bond donors (Lipinski definition) is 1. The van der Waals surface area contributed by atoms with Crippen molar-refractivity contribution in [1.29, 1.82) is 0 Å². The van der Waals surface area contributed by atoms with Crippen LogP contribution in [0, 0.1) is 0 Å². The van der Waals surface area contributed by atoms with Gasteiger partial charge in [0.05, 0.1) is 0 Å². The molecule has 0 saturated heterocycles. The van der Waals surface area contributed by atoms with Crippen molar-refractivity contribution in [2.75, 3.05) is 0 Å². The van der Waals surface area contributed by atoms with Crippen LogP contribution in [-0.2, 0) is 6.42 Å². The van der Waals surface area contributed by atoms with Crippen LogP contribution in [0.5, 0.6) is 0 Å². The van der Waals surface area contributed by atoms with Gasteiger partial charge in [0.1, 0.15) is 0 Å². The molecule has 0 bridgehead atoms. The molecule has 1 atom stereocenters. The van der Waals surface area contributed by atoms with Crippen molar-refractivity contribution in [2.45, 2.75) is 19.4 Å². The second-order valence-electron chi connectivity index (χ2n) is 3.98. The van der Waals surface area contributed by atoms with E-state index in [1.54, 1.807) is 11.3 Å². The lowest BCUT2D eigenvalue weighted by molar-refractivity contribution is 0.738. The molecule has 3 heteroatoms. The maximum Gasteiger partial charge on any atom is 0.0484 e. The first-order valence-corrected chi connectivity index (χ1v) is 6.92. The number of rotatable bonds is 3. The largest absolute Gasteiger partial charge is 0.328 e. The van der Waals surface area contributed by atoms with Crippen LogP contribution in [0.2, 0.25) is 0 Å². The summed E-state index contributed by atoms with van der Waals surface area (Å²) in [5.41, 5.74) is 8.33. The highest BCUT2D eigenvalue weighted by molar-refractivity contribution is 9.10. The second-order valence-corrected chi connectivity index (χ2v) is 5.75. The molecule has 1 aromatic heterocycles. The van der Waals surface area contributed by atoms with E-state index >= 15 is 0 Å². The molecule has 0 radical (unpaired) electrons. The average molecular weight is 296 g/mol. The molecule has 2 aromatic rings. The number of nitrogens with two attached hydrogens (primary N) is 1. The molecule has 1 aromatic carbocycles. The van der Waals surface area contributed by atoms with E-state index in [2.05, 4.69) is 51.6 Å². The van der Waals surface area contributed by atoms with Gasteiger partial charge in [-0.05, 0) is 51.8 Å². The summed E-state index contributed by atoms with van der Waals surface area (Å²) >= 11 is 5.30. The van der Waals surface area contributed by atoms with E-state index in [1.807, 2.05) is 6.92 Å². The highest BCUT2D eigenvalue weighted by Crippen LogP contribution is 2.33. The first kappa shape index (κ1) is 11.8. The minimum atomic E-state index is 0.222. The Morgan fingerprint density at radius 2 is 1.94 bits per heavy atom. The van der Waals surface area contributed by atoms with Crippen molar-refractivity contribution in [2.24, 2.45) is 5.73 Å². The lowest BCUT2D eigenvalue weighted by Crippen LogP contribution is -2.17. The van der Waals surface area contributed by atoms with Crippen molar-refractivity contribution in [3.05, 3.63) is 45.7 Å². The Kier molecular flexibility index (Phi) is 3.79. The maximum absolute atomic E-state index is 5.78. The van der Waals surface area contributed by atoms with E-state index in [-0.39, 0.29) is 6.04 Å².